The van der Waals surface area contributed by atoms with Gasteiger partial charge < -0.3 is 5.32 Å². The van der Waals surface area contributed by atoms with Crippen molar-refractivity contribution >= 4 is 17.5 Å². The zero-order valence-electron chi connectivity index (χ0n) is 18.1. The van der Waals surface area contributed by atoms with E-state index in [4.69, 9.17) is 0 Å². The Morgan fingerprint density at radius 1 is 0.742 bits per heavy atom. The van der Waals surface area contributed by atoms with Gasteiger partial charge in [0.15, 0.2) is 0 Å². The van der Waals surface area contributed by atoms with Crippen LogP contribution < -0.4 is 15.8 Å². The quantitative estimate of drug-likeness (QED) is 0.645. The van der Waals surface area contributed by atoms with E-state index in [1.54, 1.807) is 0 Å². The number of nitrogens with zero attached hydrogens (tertiary/aromatic N) is 1. The van der Waals surface area contributed by atoms with Crippen molar-refractivity contribution in [1.29, 1.82) is 0 Å². The summed E-state index contributed by atoms with van der Waals surface area (Å²) in [5.74, 6) is 0.490. The summed E-state index contributed by atoms with van der Waals surface area (Å²) < 4.78 is 0. The maximum atomic E-state index is 13.1. The lowest BCUT2D eigenvalue weighted by Crippen LogP contribution is -2.47. The van der Waals surface area contributed by atoms with Gasteiger partial charge in [-0.15, -0.1) is 0 Å². The molecule has 31 heavy (non-hydrogen) atoms. The third kappa shape index (κ3) is 5.87. The van der Waals surface area contributed by atoms with Crippen molar-refractivity contribution in [2.45, 2.75) is 64.0 Å². The molecule has 0 atom stereocenters. The van der Waals surface area contributed by atoms with Crippen LogP contribution in [0.5, 0.6) is 0 Å². The lowest BCUT2D eigenvalue weighted by atomic mass is 9.85. The zero-order chi connectivity index (χ0) is 21.5. The van der Waals surface area contributed by atoms with Crippen LogP contribution in [-0.4, -0.2) is 17.9 Å². The molecule has 0 aliphatic heterocycles. The van der Waals surface area contributed by atoms with Crippen LogP contribution in [0, 0.1) is 11.8 Å². The van der Waals surface area contributed by atoms with Crippen LogP contribution >= 0.6 is 0 Å². The summed E-state index contributed by atoms with van der Waals surface area (Å²) in [6.45, 7) is 0.614. The van der Waals surface area contributed by atoms with E-state index in [1.807, 2.05) is 53.5 Å². The third-order valence-electron chi connectivity index (χ3n) is 6.67. The first-order valence-corrected chi connectivity index (χ1v) is 11.7. The maximum Gasteiger partial charge on any atom is 0.241 e. The first-order chi connectivity index (χ1) is 15.2. The monoisotopic (exact) mass is 419 g/mol. The number of rotatable bonds is 7. The van der Waals surface area contributed by atoms with Crippen molar-refractivity contribution in [2.24, 2.45) is 11.8 Å². The minimum Gasteiger partial charge on any atom is -0.353 e. The van der Waals surface area contributed by atoms with Gasteiger partial charge in [-0.1, -0.05) is 61.4 Å². The Hall–Kier alpha value is -2.82. The fraction of sp³-hybridized carbons (Fsp3) is 0.462. The predicted octanol–water partition coefficient (Wildman–Crippen LogP) is 4.59. The summed E-state index contributed by atoms with van der Waals surface area (Å²) in [6, 6.07) is 20.4. The van der Waals surface area contributed by atoms with Crippen molar-refractivity contribution in [3.63, 3.8) is 0 Å². The summed E-state index contributed by atoms with van der Waals surface area (Å²) in [4.78, 5) is 25.5. The number of hydrazine groups is 1. The average Bonchev–Trinajstić information content (AvgIpc) is 3.36. The number of nitrogens with one attached hydrogen (secondary N) is 2. The Labute approximate surface area is 185 Å². The molecule has 0 radical (unpaired) electrons. The summed E-state index contributed by atoms with van der Waals surface area (Å²) in [7, 11) is 0. The van der Waals surface area contributed by atoms with E-state index in [9.17, 15) is 9.59 Å². The SMILES string of the molecule is O=C(NC1CCC(C(=O)NN(Cc2ccccc2)c2ccccc2)CC1)C1CCCC1. The van der Waals surface area contributed by atoms with Crippen LogP contribution in [0.3, 0.4) is 0 Å². The maximum absolute atomic E-state index is 13.1. The Balaban J connectivity index is 1.32. The largest absolute Gasteiger partial charge is 0.353 e. The van der Waals surface area contributed by atoms with Crippen molar-refractivity contribution in [3.8, 4) is 0 Å². The molecule has 2 aromatic carbocycles. The van der Waals surface area contributed by atoms with Crippen molar-refractivity contribution in [3.05, 3.63) is 66.2 Å². The fourth-order valence-corrected chi connectivity index (χ4v) is 4.80. The second kappa shape index (κ2) is 10.5. The molecule has 0 aromatic heterocycles. The molecule has 2 aliphatic rings. The van der Waals surface area contributed by atoms with Gasteiger partial charge >= 0.3 is 0 Å². The second-order valence-corrected chi connectivity index (χ2v) is 8.92. The first-order valence-electron chi connectivity index (χ1n) is 11.7. The number of benzene rings is 2. The normalized spacial score (nSPS) is 21.4. The van der Waals surface area contributed by atoms with E-state index in [1.165, 1.54) is 12.8 Å². The Morgan fingerprint density at radius 2 is 1.32 bits per heavy atom. The zero-order valence-corrected chi connectivity index (χ0v) is 18.1. The average molecular weight is 420 g/mol. The number of para-hydroxylation sites is 1. The molecule has 0 heterocycles. The standard InChI is InChI=1S/C26H33N3O2/c30-25(21-11-7-8-12-21)27-23-17-15-22(16-18-23)26(31)28-29(24-13-5-2-6-14-24)19-20-9-3-1-4-10-20/h1-6,9-10,13-14,21-23H,7-8,11-12,15-19H2,(H,27,30)(H,28,31). The van der Waals surface area contributed by atoms with Gasteiger partial charge in [-0.05, 0) is 56.2 Å². The van der Waals surface area contributed by atoms with Crippen LogP contribution in [0.4, 0.5) is 5.69 Å². The smallest absolute Gasteiger partial charge is 0.241 e. The van der Waals surface area contributed by atoms with Crippen molar-refractivity contribution in [1.82, 2.24) is 10.7 Å². The molecule has 5 heteroatoms. The second-order valence-electron chi connectivity index (χ2n) is 8.92. The highest BCUT2D eigenvalue weighted by Gasteiger charge is 2.30. The Morgan fingerprint density at radius 3 is 1.97 bits per heavy atom. The van der Waals surface area contributed by atoms with E-state index in [0.29, 0.717) is 6.54 Å². The van der Waals surface area contributed by atoms with Gasteiger partial charge in [0.25, 0.3) is 0 Å². The predicted molar refractivity (Wildman–Crippen MR) is 123 cm³/mol. The summed E-state index contributed by atoms with van der Waals surface area (Å²) >= 11 is 0. The molecule has 0 bridgehead atoms. The highest BCUT2D eigenvalue weighted by atomic mass is 16.2. The topological polar surface area (TPSA) is 61.4 Å². The van der Waals surface area contributed by atoms with Gasteiger partial charge in [-0.25, -0.2) is 0 Å². The van der Waals surface area contributed by atoms with Crippen LogP contribution in [0.15, 0.2) is 60.7 Å². The molecule has 2 aromatic rings. The molecule has 2 aliphatic carbocycles. The molecular formula is C26H33N3O2. The molecule has 2 saturated carbocycles. The fourth-order valence-electron chi connectivity index (χ4n) is 4.80. The minimum absolute atomic E-state index is 0.0124. The van der Waals surface area contributed by atoms with Gasteiger partial charge in [0.2, 0.25) is 11.8 Å². The van der Waals surface area contributed by atoms with E-state index < -0.39 is 0 Å². The Bertz CT molecular complexity index is 841. The Kier molecular flexibility index (Phi) is 7.23. The molecule has 4 rings (SSSR count). The van der Waals surface area contributed by atoms with Gasteiger partial charge in [0, 0.05) is 17.9 Å². The highest BCUT2D eigenvalue weighted by molar-refractivity contribution is 5.81. The molecule has 5 nitrogen and oxygen atoms in total. The van der Waals surface area contributed by atoms with Crippen LogP contribution in [-0.2, 0) is 16.1 Å². The van der Waals surface area contributed by atoms with Crippen LogP contribution in [0.25, 0.3) is 0 Å². The first kappa shape index (κ1) is 21.4. The van der Waals surface area contributed by atoms with Gasteiger partial charge in [-0.2, -0.15) is 0 Å². The number of anilines is 1. The van der Waals surface area contributed by atoms with Gasteiger partial charge in [-0.3, -0.25) is 20.0 Å². The van der Waals surface area contributed by atoms with E-state index in [2.05, 4.69) is 22.9 Å². The van der Waals surface area contributed by atoms with Crippen molar-refractivity contribution in [2.75, 3.05) is 5.01 Å². The highest BCUT2D eigenvalue weighted by Crippen LogP contribution is 2.28. The molecule has 0 saturated heterocycles. The van der Waals surface area contributed by atoms with Crippen molar-refractivity contribution < 1.29 is 9.59 Å². The number of hydrogen-bond acceptors (Lipinski definition) is 3. The molecule has 0 unspecified atom stereocenters. The molecule has 2 fully saturated rings. The molecule has 0 spiro atoms. The lowest BCUT2D eigenvalue weighted by Gasteiger charge is -2.32. The third-order valence-corrected chi connectivity index (χ3v) is 6.67. The molecular weight excluding hydrogens is 386 g/mol. The van der Waals surface area contributed by atoms with E-state index in [-0.39, 0.29) is 29.7 Å². The summed E-state index contributed by atoms with van der Waals surface area (Å²) in [5.41, 5.74) is 5.27. The number of carbonyl (C=O) groups is 2. The molecule has 2 amide bonds. The van der Waals surface area contributed by atoms with E-state index in [0.717, 1.165) is 49.8 Å². The number of amides is 2. The number of hydrogen-bond donors (Lipinski definition) is 2. The van der Waals surface area contributed by atoms with Gasteiger partial charge in [0.1, 0.15) is 0 Å². The summed E-state index contributed by atoms with van der Waals surface area (Å²) in [6.07, 6.45) is 7.78. The van der Waals surface area contributed by atoms with Crippen LogP contribution in [0.2, 0.25) is 0 Å². The minimum atomic E-state index is -0.0124. The summed E-state index contributed by atoms with van der Waals surface area (Å²) in [5, 5.41) is 5.17. The molecule has 2 N–H and O–H groups in total. The number of carbonyl (C=O) groups excluding carboxylic acids is 2. The van der Waals surface area contributed by atoms with E-state index >= 15 is 0 Å². The molecule has 164 valence electrons. The van der Waals surface area contributed by atoms with Gasteiger partial charge in [0.05, 0.1) is 12.2 Å². The van der Waals surface area contributed by atoms with Crippen LogP contribution in [0.1, 0.15) is 56.9 Å². The lowest BCUT2D eigenvalue weighted by molar-refractivity contribution is -0.127.